The predicted molar refractivity (Wildman–Crippen MR) is 82.7 cm³/mol. The molecule has 2 nitrogen and oxygen atoms in total. The Balaban J connectivity index is 1.41. The zero-order valence-electron chi connectivity index (χ0n) is 13.2. The Morgan fingerprint density at radius 1 is 0.857 bits per heavy atom. The van der Waals surface area contributed by atoms with Gasteiger partial charge in [0.2, 0.25) is 5.91 Å². The summed E-state index contributed by atoms with van der Waals surface area (Å²) in [5, 5.41) is 0. The van der Waals surface area contributed by atoms with Gasteiger partial charge < -0.3 is 4.90 Å². The van der Waals surface area contributed by atoms with Crippen molar-refractivity contribution >= 4 is 5.91 Å². The maximum absolute atomic E-state index is 13.5. The standard InChI is InChI=1S/C19H29NO/c21-18(20-6-5-16-3-1-2-4-17(16)20)19-10-13-7-14(11-19)9-15(8-13)12-19/h13-17H,1-12H2/t13?,14?,15?,16-,17+,19?/m0/s1. The number of hydrogen-bond donors (Lipinski definition) is 0. The molecule has 1 heterocycles. The molecule has 0 radical (unpaired) electrons. The Morgan fingerprint density at radius 3 is 2.14 bits per heavy atom. The lowest BCUT2D eigenvalue weighted by atomic mass is 9.49. The topological polar surface area (TPSA) is 20.3 Å². The molecular formula is C19H29NO. The van der Waals surface area contributed by atoms with Gasteiger partial charge in [0, 0.05) is 12.6 Å². The quantitative estimate of drug-likeness (QED) is 0.714. The van der Waals surface area contributed by atoms with Gasteiger partial charge in [0.1, 0.15) is 0 Å². The number of fused-ring (bicyclic) bond motifs is 1. The molecule has 116 valence electrons. The zero-order valence-corrected chi connectivity index (χ0v) is 13.2. The van der Waals surface area contributed by atoms with Crippen molar-refractivity contribution in [3.8, 4) is 0 Å². The largest absolute Gasteiger partial charge is 0.339 e. The Bertz CT molecular complexity index is 421. The third-order valence-corrected chi connectivity index (χ3v) is 7.76. The lowest BCUT2D eigenvalue weighted by molar-refractivity contribution is -0.159. The summed E-state index contributed by atoms with van der Waals surface area (Å²) in [5.41, 5.74) is 0.0983. The Kier molecular flexibility index (Phi) is 2.77. The number of nitrogens with zero attached hydrogens (tertiary/aromatic N) is 1. The molecule has 1 aliphatic heterocycles. The summed E-state index contributed by atoms with van der Waals surface area (Å²) in [6, 6.07) is 0.624. The molecule has 4 bridgehead atoms. The normalized spacial score (nSPS) is 51.2. The van der Waals surface area contributed by atoms with Crippen LogP contribution in [0.15, 0.2) is 0 Å². The molecule has 5 aliphatic carbocycles. The van der Waals surface area contributed by atoms with Crippen LogP contribution in [-0.4, -0.2) is 23.4 Å². The maximum atomic E-state index is 13.5. The lowest BCUT2D eigenvalue weighted by Crippen LogP contribution is -2.55. The van der Waals surface area contributed by atoms with Gasteiger partial charge in [-0.3, -0.25) is 4.79 Å². The highest BCUT2D eigenvalue weighted by molar-refractivity contribution is 5.84. The fourth-order valence-electron chi connectivity index (χ4n) is 7.34. The smallest absolute Gasteiger partial charge is 0.229 e. The van der Waals surface area contributed by atoms with Crippen LogP contribution in [0.3, 0.4) is 0 Å². The van der Waals surface area contributed by atoms with Crippen LogP contribution in [0.25, 0.3) is 0 Å². The predicted octanol–water partition coefficient (Wildman–Crippen LogP) is 3.99. The summed E-state index contributed by atoms with van der Waals surface area (Å²) in [6.07, 6.45) is 14.8. The summed E-state index contributed by atoms with van der Waals surface area (Å²) in [7, 11) is 0. The number of carbonyl (C=O) groups excluding carboxylic acids is 1. The van der Waals surface area contributed by atoms with Gasteiger partial charge >= 0.3 is 0 Å². The van der Waals surface area contributed by atoms with Crippen molar-refractivity contribution in [1.29, 1.82) is 0 Å². The number of likely N-dealkylation sites (tertiary alicyclic amines) is 1. The highest BCUT2D eigenvalue weighted by Crippen LogP contribution is 2.61. The minimum Gasteiger partial charge on any atom is -0.339 e. The summed E-state index contributed by atoms with van der Waals surface area (Å²) in [5.74, 6) is 4.13. The van der Waals surface area contributed by atoms with E-state index in [-0.39, 0.29) is 5.41 Å². The van der Waals surface area contributed by atoms with Crippen molar-refractivity contribution in [3.05, 3.63) is 0 Å². The van der Waals surface area contributed by atoms with Crippen LogP contribution < -0.4 is 0 Å². The molecule has 1 saturated heterocycles. The molecule has 2 heteroatoms. The molecule has 1 amide bonds. The van der Waals surface area contributed by atoms with E-state index in [2.05, 4.69) is 4.90 Å². The van der Waals surface area contributed by atoms with Gasteiger partial charge in [-0.15, -0.1) is 0 Å². The second-order valence-corrected chi connectivity index (χ2v) is 9.10. The minimum atomic E-state index is 0.0983. The van der Waals surface area contributed by atoms with Crippen molar-refractivity contribution in [2.75, 3.05) is 6.54 Å². The third-order valence-electron chi connectivity index (χ3n) is 7.76. The van der Waals surface area contributed by atoms with Crippen LogP contribution in [0, 0.1) is 29.1 Å². The summed E-state index contributed by atoms with van der Waals surface area (Å²) in [4.78, 5) is 15.9. The van der Waals surface area contributed by atoms with Gasteiger partial charge in [-0.05, 0) is 81.5 Å². The minimum absolute atomic E-state index is 0.0983. The maximum Gasteiger partial charge on any atom is 0.229 e. The fraction of sp³-hybridized carbons (Fsp3) is 0.947. The third kappa shape index (κ3) is 1.86. The van der Waals surface area contributed by atoms with Crippen LogP contribution in [0.1, 0.15) is 70.6 Å². The van der Waals surface area contributed by atoms with Crippen LogP contribution >= 0.6 is 0 Å². The molecule has 5 saturated carbocycles. The first-order valence-electron chi connectivity index (χ1n) is 9.55. The first kappa shape index (κ1) is 13.0. The summed E-state index contributed by atoms with van der Waals surface area (Å²) in [6.45, 7) is 1.08. The Morgan fingerprint density at radius 2 is 1.48 bits per heavy atom. The molecule has 6 aliphatic rings. The molecule has 0 aromatic rings. The second kappa shape index (κ2) is 4.49. The first-order chi connectivity index (χ1) is 10.2. The molecule has 21 heavy (non-hydrogen) atoms. The molecule has 0 aromatic carbocycles. The molecule has 0 unspecified atom stereocenters. The van der Waals surface area contributed by atoms with E-state index >= 15 is 0 Å². The molecule has 6 fully saturated rings. The SMILES string of the molecule is O=C(N1CC[C@@H]2CCCC[C@H]21)C12CC3CC(CC(C3)C1)C2. The molecule has 0 N–H and O–H groups in total. The van der Waals surface area contributed by atoms with E-state index in [1.807, 2.05) is 0 Å². The Hall–Kier alpha value is -0.530. The zero-order chi connectivity index (χ0) is 14.0. The van der Waals surface area contributed by atoms with E-state index in [1.54, 1.807) is 0 Å². The van der Waals surface area contributed by atoms with Gasteiger partial charge in [0.25, 0.3) is 0 Å². The number of amides is 1. The number of hydrogen-bond acceptors (Lipinski definition) is 1. The highest BCUT2D eigenvalue weighted by Gasteiger charge is 2.57. The van der Waals surface area contributed by atoms with Gasteiger partial charge in [-0.25, -0.2) is 0 Å². The molecule has 0 aromatic heterocycles. The van der Waals surface area contributed by atoms with E-state index in [0.717, 1.165) is 30.2 Å². The van der Waals surface area contributed by atoms with E-state index in [0.29, 0.717) is 11.9 Å². The van der Waals surface area contributed by atoms with Crippen molar-refractivity contribution < 1.29 is 4.79 Å². The Labute approximate surface area is 128 Å². The van der Waals surface area contributed by atoms with Crippen molar-refractivity contribution in [2.24, 2.45) is 29.1 Å². The van der Waals surface area contributed by atoms with Crippen LogP contribution in [-0.2, 0) is 4.79 Å². The van der Waals surface area contributed by atoms with Gasteiger partial charge in [0.15, 0.2) is 0 Å². The van der Waals surface area contributed by atoms with E-state index in [9.17, 15) is 4.79 Å². The summed E-state index contributed by atoms with van der Waals surface area (Å²) >= 11 is 0. The van der Waals surface area contributed by atoms with Gasteiger partial charge in [0.05, 0.1) is 5.41 Å². The monoisotopic (exact) mass is 287 g/mol. The van der Waals surface area contributed by atoms with E-state index < -0.39 is 0 Å². The average molecular weight is 287 g/mol. The van der Waals surface area contributed by atoms with Crippen LogP contribution in [0.2, 0.25) is 0 Å². The molecule has 6 rings (SSSR count). The van der Waals surface area contributed by atoms with Gasteiger partial charge in [-0.1, -0.05) is 12.8 Å². The lowest BCUT2D eigenvalue weighted by Gasteiger charge is -2.57. The number of rotatable bonds is 1. The number of carbonyl (C=O) groups is 1. The van der Waals surface area contributed by atoms with E-state index in [1.165, 1.54) is 70.6 Å². The molecular weight excluding hydrogens is 258 g/mol. The molecule has 0 spiro atoms. The van der Waals surface area contributed by atoms with Crippen molar-refractivity contribution in [2.45, 2.75) is 76.7 Å². The van der Waals surface area contributed by atoms with Crippen LogP contribution in [0.5, 0.6) is 0 Å². The first-order valence-corrected chi connectivity index (χ1v) is 9.55. The average Bonchev–Trinajstić information content (AvgIpc) is 2.89. The highest BCUT2D eigenvalue weighted by atomic mass is 16.2. The summed E-state index contributed by atoms with van der Waals surface area (Å²) < 4.78 is 0. The fourth-order valence-corrected chi connectivity index (χ4v) is 7.34. The van der Waals surface area contributed by atoms with Crippen molar-refractivity contribution in [1.82, 2.24) is 4.90 Å². The van der Waals surface area contributed by atoms with Gasteiger partial charge in [-0.2, -0.15) is 0 Å². The van der Waals surface area contributed by atoms with Crippen molar-refractivity contribution in [3.63, 3.8) is 0 Å². The van der Waals surface area contributed by atoms with Crippen LogP contribution in [0.4, 0.5) is 0 Å². The van der Waals surface area contributed by atoms with E-state index in [4.69, 9.17) is 0 Å². The second-order valence-electron chi connectivity index (χ2n) is 9.10. The molecule has 2 atom stereocenters.